The van der Waals surface area contributed by atoms with Crippen LogP contribution in [-0.2, 0) is 5.75 Å². The van der Waals surface area contributed by atoms with Gasteiger partial charge in [-0.3, -0.25) is 10.1 Å². The summed E-state index contributed by atoms with van der Waals surface area (Å²) >= 11 is 5.14. The van der Waals surface area contributed by atoms with Gasteiger partial charge in [-0.05, 0) is 17.7 Å². The lowest BCUT2D eigenvalue weighted by Crippen LogP contribution is -1.87. The van der Waals surface area contributed by atoms with Gasteiger partial charge in [-0.2, -0.15) is 0 Å². The van der Waals surface area contributed by atoms with Crippen LogP contribution < -0.4 is 0 Å². The summed E-state index contributed by atoms with van der Waals surface area (Å²) in [7, 11) is 0. The fraction of sp³-hybridized carbons (Fsp3) is 0.0556. The normalized spacial score (nSPS) is 11.0. The number of hydrogen-bond acceptors (Lipinski definition) is 4. The maximum absolute atomic E-state index is 4.58. The van der Waals surface area contributed by atoms with Crippen molar-refractivity contribution in [2.45, 2.75) is 10.9 Å². The first-order chi connectivity index (χ1) is 11.8. The average Bonchev–Trinajstić information content (AvgIpc) is 3.09. The number of halogens is 1. The molecule has 0 bridgehead atoms. The van der Waals surface area contributed by atoms with E-state index in [1.807, 2.05) is 36.5 Å². The van der Waals surface area contributed by atoms with Crippen molar-refractivity contribution in [3.05, 3.63) is 70.8 Å². The standard InChI is InChI=1S/C18H13BrN4S/c19-15-9-2-1-8-14(15)17-21-18(23-22-17)24-11-13-6-3-5-12-7-4-10-20-16(12)13/h1-10H,11H2,(H,21,22,23). The van der Waals surface area contributed by atoms with Crippen LogP contribution >= 0.6 is 27.7 Å². The van der Waals surface area contributed by atoms with Crippen molar-refractivity contribution < 1.29 is 0 Å². The summed E-state index contributed by atoms with van der Waals surface area (Å²) in [5, 5.41) is 9.21. The molecule has 24 heavy (non-hydrogen) atoms. The van der Waals surface area contributed by atoms with Gasteiger partial charge >= 0.3 is 0 Å². The number of nitrogens with zero attached hydrogens (tertiary/aromatic N) is 3. The third kappa shape index (κ3) is 3.07. The Hall–Kier alpha value is -2.18. The van der Waals surface area contributed by atoms with Crippen molar-refractivity contribution in [3.8, 4) is 11.4 Å². The number of fused-ring (bicyclic) bond motifs is 1. The van der Waals surface area contributed by atoms with Crippen molar-refractivity contribution in [2.75, 3.05) is 0 Å². The Morgan fingerprint density at radius 2 is 1.88 bits per heavy atom. The molecular formula is C18H13BrN4S. The molecule has 4 nitrogen and oxygen atoms in total. The Labute approximate surface area is 151 Å². The molecule has 1 N–H and O–H groups in total. The molecule has 118 valence electrons. The molecule has 0 saturated heterocycles. The lowest BCUT2D eigenvalue weighted by atomic mass is 10.1. The number of H-pyrrole nitrogens is 1. The quantitative estimate of drug-likeness (QED) is 0.489. The molecule has 0 radical (unpaired) electrons. The minimum atomic E-state index is 0.730. The van der Waals surface area contributed by atoms with E-state index in [-0.39, 0.29) is 0 Å². The SMILES string of the molecule is Brc1ccccc1-c1nc(SCc2cccc3cccnc23)n[nH]1. The van der Waals surface area contributed by atoms with E-state index in [9.17, 15) is 0 Å². The second-order valence-electron chi connectivity index (χ2n) is 5.23. The lowest BCUT2D eigenvalue weighted by Gasteiger charge is -2.03. The fourth-order valence-corrected chi connectivity index (χ4v) is 3.77. The van der Waals surface area contributed by atoms with Gasteiger partial charge in [0.2, 0.25) is 5.16 Å². The van der Waals surface area contributed by atoms with E-state index in [2.05, 4.69) is 60.4 Å². The number of nitrogens with one attached hydrogen (secondary N) is 1. The largest absolute Gasteiger partial charge is 0.258 e. The Bertz CT molecular complexity index is 994. The molecular weight excluding hydrogens is 384 g/mol. The van der Waals surface area contributed by atoms with Crippen LogP contribution in [-0.4, -0.2) is 20.2 Å². The Morgan fingerprint density at radius 3 is 2.79 bits per heavy atom. The molecule has 0 spiro atoms. The van der Waals surface area contributed by atoms with Crippen LogP contribution in [0.4, 0.5) is 0 Å². The molecule has 6 heteroatoms. The smallest absolute Gasteiger partial charge is 0.209 e. The van der Waals surface area contributed by atoms with Crippen molar-refractivity contribution in [2.24, 2.45) is 0 Å². The monoisotopic (exact) mass is 396 g/mol. The first-order valence-corrected chi connectivity index (χ1v) is 9.22. The van der Waals surface area contributed by atoms with Crippen molar-refractivity contribution in [1.82, 2.24) is 20.2 Å². The number of benzene rings is 2. The number of rotatable bonds is 4. The van der Waals surface area contributed by atoms with Crippen LogP contribution in [0.5, 0.6) is 0 Å². The number of para-hydroxylation sites is 1. The van der Waals surface area contributed by atoms with E-state index in [1.54, 1.807) is 11.8 Å². The minimum Gasteiger partial charge on any atom is -0.258 e. The summed E-state index contributed by atoms with van der Waals surface area (Å²) in [6.07, 6.45) is 1.83. The molecule has 0 unspecified atom stereocenters. The summed E-state index contributed by atoms with van der Waals surface area (Å²) < 4.78 is 0.996. The molecule has 0 aliphatic rings. The third-order valence-electron chi connectivity index (χ3n) is 3.67. The van der Waals surface area contributed by atoms with Gasteiger partial charge in [0.15, 0.2) is 5.82 Å². The van der Waals surface area contributed by atoms with Crippen LogP contribution in [0.25, 0.3) is 22.3 Å². The number of aromatic nitrogens is 4. The predicted octanol–water partition coefficient (Wildman–Crippen LogP) is 5.07. The van der Waals surface area contributed by atoms with Crippen LogP contribution in [0.2, 0.25) is 0 Å². The van der Waals surface area contributed by atoms with Crippen molar-refractivity contribution >= 4 is 38.6 Å². The second kappa shape index (κ2) is 6.75. The van der Waals surface area contributed by atoms with Gasteiger partial charge < -0.3 is 0 Å². The van der Waals surface area contributed by atoms with Gasteiger partial charge in [-0.15, -0.1) is 5.10 Å². The summed E-state index contributed by atoms with van der Waals surface area (Å²) in [5.41, 5.74) is 3.23. The minimum absolute atomic E-state index is 0.730. The number of thioether (sulfide) groups is 1. The van der Waals surface area contributed by atoms with Crippen LogP contribution in [0, 0.1) is 0 Å². The van der Waals surface area contributed by atoms with Crippen LogP contribution in [0.1, 0.15) is 5.56 Å². The summed E-state index contributed by atoms with van der Waals surface area (Å²) in [6, 6.07) is 18.2. The number of pyridine rings is 1. The van der Waals surface area contributed by atoms with E-state index >= 15 is 0 Å². The Kier molecular flexibility index (Phi) is 4.32. The zero-order valence-corrected chi connectivity index (χ0v) is 15.0. The van der Waals surface area contributed by atoms with E-state index in [0.29, 0.717) is 0 Å². The molecule has 2 aromatic heterocycles. The molecule has 0 fully saturated rings. The topological polar surface area (TPSA) is 54.5 Å². The first kappa shape index (κ1) is 15.4. The highest BCUT2D eigenvalue weighted by Gasteiger charge is 2.10. The molecule has 4 aromatic rings. The molecule has 4 rings (SSSR count). The summed E-state index contributed by atoms with van der Waals surface area (Å²) in [5.74, 6) is 1.54. The Morgan fingerprint density at radius 1 is 1.00 bits per heavy atom. The molecule has 0 amide bonds. The maximum atomic E-state index is 4.58. The third-order valence-corrected chi connectivity index (χ3v) is 5.25. The van der Waals surface area contributed by atoms with Gasteiger partial charge in [-0.1, -0.05) is 70.2 Å². The molecule has 2 aromatic carbocycles. The van der Waals surface area contributed by atoms with Gasteiger partial charge in [0.05, 0.1) is 5.52 Å². The highest BCUT2D eigenvalue weighted by atomic mass is 79.9. The van der Waals surface area contributed by atoms with Gasteiger partial charge in [0, 0.05) is 27.4 Å². The zero-order chi connectivity index (χ0) is 16.4. The van der Waals surface area contributed by atoms with E-state index in [0.717, 1.165) is 37.7 Å². The van der Waals surface area contributed by atoms with Gasteiger partial charge in [-0.25, -0.2) is 4.98 Å². The summed E-state index contributed by atoms with van der Waals surface area (Å²) in [6.45, 7) is 0. The highest BCUT2D eigenvalue weighted by Crippen LogP contribution is 2.28. The number of aromatic amines is 1. The molecule has 2 heterocycles. The zero-order valence-electron chi connectivity index (χ0n) is 12.6. The molecule has 0 aliphatic carbocycles. The van der Waals surface area contributed by atoms with Crippen LogP contribution in [0.3, 0.4) is 0 Å². The Balaban J connectivity index is 1.56. The fourth-order valence-electron chi connectivity index (χ4n) is 2.51. The molecule has 0 aliphatic heterocycles. The average molecular weight is 397 g/mol. The molecule has 0 saturated carbocycles. The van der Waals surface area contributed by atoms with E-state index < -0.39 is 0 Å². The van der Waals surface area contributed by atoms with E-state index in [1.165, 1.54) is 5.56 Å². The second-order valence-corrected chi connectivity index (χ2v) is 7.02. The first-order valence-electron chi connectivity index (χ1n) is 7.44. The van der Waals surface area contributed by atoms with Crippen molar-refractivity contribution in [1.29, 1.82) is 0 Å². The maximum Gasteiger partial charge on any atom is 0.209 e. The lowest BCUT2D eigenvalue weighted by molar-refractivity contribution is 0.973. The van der Waals surface area contributed by atoms with Crippen LogP contribution in [0.15, 0.2) is 70.4 Å². The van der Waals surface area contributed by atoms with E-state index in [4.69, 9.17) is 0 Å². The van der Waals surface area contributed by atoms with Gasteiger partial charge in [0.1, 0.15) is 0 Å². The molecule has 0 atom stereocenters. The van der Waals surface area contributed by atoms with Gasteiger partial charge in [0.25, 0.3) is 0 Å². The highest BCUT2D eigenvalue weighted by molar-refractivity contribution is 9.10. The predicted molar refractivity (Wildman–Crippen MR) is 101 cm³/mol. The number of hydrogen-bond donors (Lipinski definition) is 1. The van der Waals surface area contributed by atoms with Crippen molar-refractivity contribution in [3.63, 3.8) is 0 Å². The summed E-state index contributed by atoms with van der Waals surface area (Å²) in [4.78, 5) is 9.07.